The van der Waals surface area contributed by atoms with Crippen LogP contribution in [0.15, 0.2) is 18.2 Å². The summed E-state index contributed by atoms with van der Waals surface area (Å²) in [5.74, 6) is 0.151. The SMILES string of the molecule is CC1(c2nc3c(C(N)=O)cccc3[nH]2)CN(C(=O)O)C1. The first-order valence-electron chi connectivity index (χ1n) is 6.17. The monoisotopic (exact) mass is 274 g/mol. The van der Waals surface area contributed by atoms with Crippen LogP contribution in [-0.2, 0) is 5.41 Å². The first-order chi connectivity index (χ1) is 9.40. The lowest BCUT2D eigenvalue weighted by Gasteiger charge is -2.44. The van der Waals surface area contributed by atoms with Crippen LogP contribution < -0.4 is 5.73 Å². The quantitative estimate of drug-likeness (QED) is 0.755. The van der Waals surface area contributed by atoms with Gasteiger partial charge in [0.05, 0.1) is 16.5 Å². The number of primary amides is 1. The summed E-state index contributed by atoms with van der Waals surface area (Å²) < 4.78 is 0. The fourth-order valence-electron chi connectivity index (χ4n) is 2.60. The van der Waals surface area contributed by atoms with Gasteiger partial charge in [0.2, 0.25) is 0 Å². The van der Waals surface area contributed by atoms with E-state index in [1.165, 1.54) is 4.90 Å². The van der Waals surface area contributed by atoms with Gasteiger partial charge in [0.1, 0.15) is 11.3 Å². The first kappa shape index (κ1) is 12.5. The zero-order chi connectivity index (χ0) is 14.5. The topological polar surface area (TPSA) is 112 Å². The predicted molar refractivity (Wildman–Crippen MR) is 71.6 cm³/mol. The summed E-state index contributed by atoms with van der Waals surface area (Å²) in [6, 6.07) is 5.17. The van der Waals surface area contributed by atoms with Gasteiger partial charge in [-0.1, -0.05) is 6.07 Å². The number of carboxylic acid groups (broad SMARTS) is 1. The number of carbonyl (C=O) groups excluding carboxylic acids is 1. The Bertz CT molecular complexity index is 715. The number of imidazole rings is 1. The van der Waals surface area contributed by atoms with Crippen molar-refractivity contribution in [2.45, 2.75) is 12.3 Å². The highest BCUT2D eigenvalue weighted by atomic mass is 16.4. The van der Waals surface area contributed by atoms with Gasteiger partial charge in [0.25, 0.3) is 5.91 Å². The Morgan fingerprint density at radius 1 is 1.45 bits per heavy atom. The zero-order valence-electron chi connectivity index (χ0n) is 10.9. The molecule has 0 spiro atoms. The molecule has 0 aliphatic carbocycles. The number of fused-ring (bicyclic) bond motifs is 1. The molecule has 3 rings (SSSR count). The summed E-state index contributed by atoms with van der Waals surface area (Å²) in [4.78, 5) is 31.2. The van der Waals surface area contributed by atoms with Crippen molar-refractivity contribution in [2.24, 2.45) is 5.73 Å². The predicted octanol–water partition coefficient (Wildman–Crippen LogP) is 0.913. The lowest BCUT2D eigenvalue weighted by molar-refractivity contribution is 0.0648. The van der Waals surface area contributed by atoms with Crippen LogP contribution in [0.5, 0.6) is 0 Å². The summed E-state index contributed by atoms with van der Waals surface area (Å²) >= 11 is 0. The molecule has 7 heteroatoms. The molecule has 4 N–H and O–H groups in total. The van der Waals surface area contributed by atoms with Gasteiger partial charge in [0, 0.05) is 13.1 Å². The number of nitrogens with two attached hydrogens (primary N) is 1. The van der Waals surface area contributed by atoms with Gasteiger partial charge in [-0.3, -0.25) is 4.79 Å². The molecule has 0 radical (unpaired) electrons. The van der Waals surface area contributed by atoms with Crippen LogP contribution >= 0.6 is 0 Å². The van der Waals surface area contributed by atoms with Gasteiger partial charge in [-0.15, -0.1) is 0 Å². The number of aromatic nitrogens is 2. The molecule has 1 aliphatic heterocycles. The van der Waals surface area contributed by atoms with Crippen LogP contribution in [0, 0.1) is 0 Å². The third-order valence-corrected chi connectivity index (χ3v) is 3.70. The number of H-pyrrole nitrogens is 1. The summed E-state index contributed by atoms with van der Waals surface area (Å²) in [7, 11) is 0. The molecule has 0 saturated carbocycles. The van der Waals surface area contributed by atoms with Crippen molar-refractivity contribution >= 4 is 23.0 Å². The van der Waals surface area contributed by atoms with E-state index in [-0.39, 0.29) is 5.41 Å². The Kier molecular flexibility index (Phi) is 2.47. The molecule has 2 amide bonds. The summed E-state index contributed by atoms with van der Waals surface area (Å²) in [6.07, 6.45) is -0.934. The van der Waals surface area contributed by atoms with Gasteiger partial charge in [0.15, 0.2) is 0 Å². The molecule has 7 nitrogen and oxygen atoms in total. The molecule has 2 aromatic rings. The molecular weight excluding hydrogens is 260 g/mol. The number of rotatable bonds is 2. The Labute approximate surface area is 114 Å². The second-order valence-corrected chi connectivity index (χ2v) is 5.35. The zero-order valence-corrected chi connectivity index (χ0v) is 10.9. The highest BCUT2D eigenvalue weighted by Gasteiger charge is 2.45. The van der Waals surface area contributed by atoms with Crippen LogP contribution in [0.2, 0.25) is 0 Å². The smallest absolute Gasteiger partial charge is 0.407 e. The van der Waals surface area contributed by atoms with E-state index in [1.807, 2.05) is 13.0 Å². The van der Waals surface area contributed by atoms with Gasteiger partial charge in [-0.25, -0.2) is 9.78 Å². The molecule has 1 fully saturated rings. The van der Waals surface area contributed by atoms with Gasteiger partial charge in [-0.05, 0) is 19.1 Å². The fraction of sp³-hybridized carbons (Fsp3) is 0.308. The minimum atomic E-state index is -0.934. The summed E-state index contributed by atoms with van der Waals surface area (Å²) in [5.41, 5.74) is 6.60. The third-order valence-electron chi connectivity index (χ3n) is 3.70. The summed E-state index contributed by atoms with van der Waals surface area (Å²) in [6.45, 7) is 2.70. The number of hydrogen-bond donors (Lipinski definition) is 3. The minimum Gasteiger partial charge on any atom is -0.465 e. The van der Waals surface area contributed by atoms with Gasteiger partial charge < -0.3 is 20.7 Å². The third kappa shape index (κ3) is 1.70. The molecule has 1 aromatic heterocycles. The van der Waals surface area contributed by atoms with Crippen LogP contribution in [-0.4, -0.2) is 45.1 Å². The molecule has 20 heavy (non-hydrogen) atoms. The molecule has 104 valence electrons. The molecule has 1 aromatic carbocycles. The van der Waals surface area contributed by atoms with E-state index in [0.717, 1.165) is 5.52 Å². The largest absolute Gasteiger partial charge is 0.465 e. The van der Waals surface area contributed by atoms with Crippen molar-refractivity contribution in [1.29, 1.82) is 0 Å². The second kappa shape index (κ2) is 3.96. The lowest BCUT2D eigenvalue weighted by Crippen LogP contribution is -2.59. The van der Waals surface area contributed by atoms with Crippen molar-refractivity contribution in [1.82, 2.24) is 14.9 Å². The van der Waals surface area contributed by atoms with E-state index in [2.05, 4.69) is 9.97 Å². The maximum absolute atomic E-state index is 11.4. The maximum atomic E-state index is 11.4. The number of hydrogen-bond acceptors (Lipinski definition) is 3. The van der Waals surface area contributed by atoms with Crippen molar-refractivity contribution in [3.05, 3.63) is 29.6 Å². The fourth-order valence-corrected chi connectivity index (χ4v) is 2.60. The highest BCUT2D eigenvalue weighted by molar-refractivity contribution is 6.04. The Balaban J connectivity index is 2.00. The number of likely N-dealkylation sites (tertiary alicyclic amines) is 1. The molecule has 1 saturated heterocycles. The maximum Gasteiger partial charge on any atom is 0.407 e. The van der Waals surface area contributed by atoms with Crippen molar-refractivity contribution in [3.63, 3.8) is 0 Å². The molecule has 2 heterocycles. The van der Waals surface area contributed by atoms with E-state index < -0.39 is 12.0 Å². The van der Waals surface area contributed by atoms with Crippen molar-refractivity contribution in [3.8, 4) is 0 Å². The summed E-state index contributed by atoms with van der Waals surface area (Å²) in [5, 5.41) is 8.90. The van der Waals surface area contributed by atoms with Crippen LogP contribution in [0.25, 0.3) is 11.0 Å². The van der Waals surface area contributed by atoms with Crippen molar-refractivity contribution in [2.75, 3.05) is 13.1 Å². The van der Waals surface area contributed by atoms with Crippen LogP contribution in [0.4, 0.5) is 4.79 Å². The molecule has 1 aliphatic rings. The Morgan fingerprint density at radius 2 is 2.15 bits per heavy atom. The van der Waals surface area contributed by atoms with Gasteiger partial charge in [-0.2, -0.15) is 0 Å². The average molecular weight is 274 g/mol. The Hall–Kier alpha value is -2.57. The number of amides is 2. The highest BCUT2D eigenvalue weighted by Crippen LogP contribution is 2.33. The molecular formula is C13H14N4O3. The first-order valence-corrected chi connectivity index (χ1v) is 6.17. The van der Waals surface area contributed by atoms with E-state index in [4.69, 9.17) is 10.8 Å². The van der Waals surface area contributed by atoms with Crippen LogP contribution in [0.1, 0.15) is 23.1 Å². The molecule has 0 bridgehead atoms. The van der Waals surface area contributed by atoms with Gasteiger partial charge >= 0.3 is 6.09 Å². The van der Waals surface area contributed by atoms with E-state index in [9.17, 15) is 9.59 Å². The number of para-hydroxylation sites is 1. The number of carbonyl (C=O) groups is 2. The molecule has 0 unspecified atom stereocenters. The second-order valence-electron chi connectivity index (χ2n) is 5.35. The van der Waals surface area contributed by atoms with E-state index in [1.54, 1.807) is 12.1 Å². The van der Waals surface area contributed by atoms with Crippen LogP contribution in [0.3, 0.4) is 0 Å². The van der Waals surface area contributed by atoms with E-state index in [0.29, 0.717) is 30.0 Å². The number of benzene rings is 1. The van der Waals surface area contributed by atoms with E-state index >= 15 is 0 Å². The number of aromatic amines is 1. The minimum absolute atomic E-state index is 0.355. The standard InChI is InChI=1S/C13H14N4O3/c1-13(5-17(6-13)12(19)20)11-15-8-4-2-3-7(10(14)18)9(8)16-11/h2-4H,5-6H2,1H3,(H2,14,18)(H,15,16)(H,19,20). The number of nitrogens with zero attached hydrogens (tertiary/aromatic N) is 2. The average Bonchev–Trinajstić information content (AvgIpc) is 2.78. The normalized spacial score (nSPS) is 16.9. The van der Waals surface area contributed by atoms with Crippen molar-refractivity contribution < 1.29 is 14.7 Å². The lowest BCUT2D eigenvalue weighted by atomic mass is 9.81. The Morgan fingerprint density at radius 3 is 2.75 bits per heavy atom. The number of nitrogens with one attached hydrogen (secondary N) is 1. The molecule has 0 atom stereocenters.